The van der Waals surface area contributed by atoms with Gasteiger partial charge in [0.15, 0.2) is 0 Å². The average molecular weight is 223 g/mol. The summed E-state index contributed by atoms with van der Waals surface area (Å²) in [6.07, 6.45) is 4.24. The number of likely N-dealkylation sites (N-methyl/N-ethyl adjacent to an activating group) is 1. The fourth-order valence-corrected chi connectivity index (χ4v) is 2.54. The Morgan fingerprint density at radius 2 is 2.12 bits per heavy atom. The zero-order chi connectivity index (χ0) is 11.5. The van der Waals surface area contributed by atoms with E-state index >= 15 is 0 Å². The molecule has 3 nitrogen and oxygen atoms in total. The summed E-state index contributed by atoms with van der Waals surface area (Å²) in [5, 5.41) is 9.95. The third kappa shape index (κ3) is 2.66. The van der Waals surface area contributed by atoms with Gasteiger partial charge >= 0.3 is 0 Å². The first-order valence-corrected chi connectivity index (χ1v) is 6.10. The van der Waals surface area contributed by atoms with Gasteiger partial charge in [-0.15, -0.1) is 0 Å². The van der Waals surface area contributed by atoms with Gasteiger partial charge in [0.25, 0.3) is 0 Å². The van der Waals surface area contributed by atoms with Gasteiger partial charge < -0.3 is 9.52 Å². The second kappa shape index (κ2) is 5.02. The zero-order valence-corrected chi connectivity index (χ0v) is 10.1. The summed E-state index contributed by atoms with van der Waals surface area (Å²) in [4.78, 5) is 2.21. The van der Waals surface area contributed by atoms with Gasteiger partial charge in [0.2, 0.25) is 0 Å². The smallest absolute Gasteiger partial charge is 0.118 e. The van der Waals surface area contributed by atoms with Crippen LogP contribution in [0.1, 0.15) is 37.2 Å². The van der Waals surface area contributed by atoms with Crippen LogP contribution in [0.5, 0.6) is 0 Å². The summed E-state index contributed by atoms with van der Waals surface area (Å²) in [5.74, 6) is 1.94. The first-order chi connectivity index (χ1) is 7.66. The molecule has 1 aromatic heterocycles. The molecule has 0 spiro atoms. The van der Waals surface area contributed by atoms with Crippen molar-refractivity contribution in [1.29, 1.82) is 0 Å². The topological polar surface area (TPSA) is 36.6 Å². The van der Waals surface area contributed by atoms with E-state index in [4.69, 9.17) is 4.42 Å². The minimum Gasteiger partial charge on any atom is -0.465 e. The monoisotopic (exact) mass is 223 g/mol. The molecule has 1 heterocycles. The van der Waals surface area contributed by atoms with Crippen LogP contribution in [0.2, 0.25) is 0 Å². The van der Waals surface area contributed by atoms with Crippen molar-refractivity contribution in [3.05, 3.63) is 23.7 Å². The standard InChI is InChI=1S/C13H21NO2/c1-10-7-8-11(16-10)9-14(2)12-5-3-4-6-13(12)15/h7-8,12-13,15H,3-6,9H2,1-2H3/t12-,13-/m1/s1. The summed E-state index contributed by atoms with van der Waals surface area (Å²) < 4.78 is 5.56. The van der Waals surface area contributed by atoms with Crippen LogP contribution < -0.4 is 0 Å². The van der Waals surface area contributed by atoms with E-state index in [2.05, 4.69) is 11.9 Å². The van der Waals surface area contributed by atoms with Crippen LogP contribution in [0, 0.1) is 6.92 Å². The fraction of sp³-hybridized carbons (Fsp3) is 0.692. The van der Waals surface area contributed by atoms with E-state index in [0.29, 0.717) is 6.04 Å². The Labute approximate surface area is 97.1 Å². The van der Waals surface area contributed by atoms with Crippen molar-refractivity contribution >= 4 is 0 Å². The van der Waals surface area contributed by atoms with Crippen LogP contribution >= 0.6 is 0 Å². The largest absolute Gasteiger partial charge is 0.465 e. The second-order valence-electron chi connectivity index (χ2n) is 4.85. The number of aliphatic hydroxyl groups is 1. The highest BCUT2D eigenvalue weighted by atomic mass is 16.3. The Bertz CT molecular complexity index is 334. The van der Waals surface area contributed by atoms with E-state index in [-0.39, 0.29) is 6.10 Å². The van der Waals surface area contributed by atoms with Crippen LogP contribution in [0.25, 0.3) is 0 Å². The van der Waals surface area contributed by atoms with Crippen molar-refractivity contribution in [2.75, 3.05) is 7.05 Å². The van der Waals surface area contributed by atoms with Gasteiger partial charge in [-0.25, -0.2) is 0 Å². The summed E-state index contributed by atoms with van der Waals surface area (Å²) in [7, 11) is 2.07. The maximum atomic E-state index is 9.95. The predicted octanol–water partition coefficient (Wildman–Crippen LogP) is 2.32. The van der Waals surface area contributed by atoms with Crippen molar-refractivity contribution in [1.82, 2.24) is 4.90 Å². The molecule has 1 N–H and O–H groups in total. The van der Waals surface area contributed by atoms with E-state index in [1.807, 2.05) is 19.1 Å². The molecule has 1 fully saturated rings. The zero-order valence-electron chi connectivity index (χ0n) is 10.1. The minimum atomic E-state index is -0.171. The number of hydrogen-bond donors (Lipinski definition) is 1. The maximum absolute atomic E-state index is 9.95. The van der Waals surface area contributed by atoms with Gasteiger partial charge in [0, 0.05) is 6.04 Å². The fourth-order valence-electron chi connectivity index (χ4n) is 2.54. The molecule has 0 saturated heterocycles. The number of nitrogens with zero attached hydrogens (tertiary/aromatic N) is 1. The molecule has 2 rings (SSSR count). The maximum Gasteiger partial charge on any atom is 0.118 e. The summed E-state index contributed by atoms with van der Waals surface area (Å²) in [6.45, 7) is 2.74. The van der Waals surface area contributed by atoms with Crippen LogP contribution in [-0.2, 0) is 6.54 Å². The summed E-state index contributed by atoms with van der Waals surface area (Å²) in [6, 6.07) is 4.29. The van der Waals surface area contributed by atoms with Crippen molar-refractivity contribution in [2.24, 2.45) is 0 Å². The van der Waals surface area contributed by atoms with Crippen LogP contribution in [0.15, 0.2) is 16.5 Å². The van der Waals surface area contributed by atoms with Crippen molar-refractivity contribution in [2.45, 2.75) is 51.3 Å². The van der Waals surface area contributed by atoms with Gasteiger partial charge in [-0.05, 0) is 38.9 Å². The summed E-state index contributed by atoms with van der Waals surface area (Å²) >= 11 is 0. The molecule has 0 aliphatic heterocycles. The lowest BCUT2D eigenvalue weighted by Crippen LogP contribution is -2.42. The predicted molar refractivity (Wildman–Crippen MR) is 63.2 cm³/mol. The van der Waals surface area contributed by atoms with Gasteiger partial charge in [0.05, 0.1) is 12.6 Å². The molecule has 0 aromatic carbocycles. The third-order valence-electron chi connectivity index (χ3n) is 3.46. The summed E-state index contributed by atoms with van der Waals surface area (Å²) in [5.41, 5.74) is 0. The van der Waals surface area contributed by atoms with Gasteiger partial charge in [0.1, 0.15) is 11.5 Å². The molecule has 0 unspecified atom stereocenters. The average Bonchev–Trinajstić information content (AvgIpc) is 2.64. The number of aryl methyl sites for hydroxylation is 1. The lowest BCUT2D eigenvalue weighted by atomic mass is 9.91. The third-order valence-corrected chi connectivity index (χ3v) is 3.46. The van der Waals surface area contributed by atoms with Gasteiger partial charge in [-0.1, -0.05) is 12.8 Å². The molecule has 16 heavy (non-hydrogen) atoms. The first-order valence-electron chi connectivity index (χ1n) is 6.10. The molecule has 0 amide bonds. The minimum absolute atomic E-state index is 0.171. The highest BCUT2D eigenvalue weighted by Gasteiger charge is 2.26. The van der Waals surface area contributed by atoms with E-state index < -0.39 is 0 Å². The molecule has 1 aliphatic carbocycles. The number of aliphatic hydroxyl groups excluding tert-OH is 1. The van der Waals surface area contributed by atoms with Crippen molar-refractivity contribution < 1.29 is 9.52 Å². The molecular formula is C13H21NO2. The van der Waals surface area contributed by atoms with Gasteiger partial charge in [-0.3, -0.25) is 4.90 Å². The SMILES string of the molecule is Cc1ccc(CN(C)[C@@H]2CCCC[C@H]2O)o1. The highest BCUT2D eigenvalue weighted by molar-refractivity contribution is 5.05. The lowest BCUT2D eigenvalue weighted by molar-refractivity contribution is 0.0262. The Hall–Kier alpha value is -0.800. The molecular weight excluding hydrogens is 202 g/mol. The molecule has 0 radical (unpaired) electrons. The van der Waals surface area contributed by atoms with E-state index in [1.165, 1.54) is 6.42 Å². The Kier molecular flexibility index (Phi) is 3.66. The lowest BCUT2D eigenvalue weighted by Gasteiger charge is -2.34. The number of hydrogen-bond acceptors (Lipinski definition) is 3. The molecule has 0 bridgehead atoms. The van der Waals surface area contributed by atoms with E-state index in [0.717, 1.165) is 37.3 Å². The second-order valence-corrected chi connectivity index (χ2v) is 4.85. The van der Waals surface area contributed by atoms with Crippen molar-refractivity contribution in [3.8, 4) is 0 Å². The normalized spacial score (nSPS) is 26.2. The molecule has 1 aliphatic rings. The number of rotatable bonds is 3. The Morgan fingerprint density at radius 1 is 1.38 bits per heavy atom. The van der Waals surface area contributed by atoms with Crippen LogP contribution in [0.3, 0.4) is 0 Å². The first kappa shape index (κ1) is 11.7. The number of furan rings is 1. The Morgan fingerprint density at radius 3 is 2.75 bits per heavy atom. The molecule has 1 aromatic rings. The van der Waals surface area contributed by atoms with Crippen LogP contribution in [0.4, 0.5) is 0 Å². The van der Waals surface area contributed by atoms with Crippen LogP contribution in [-0.4, -0.2) is 29.2 Å². The highest BCUT2D eigenvalue weighted by Crippen LogP contribution is 2.23. The van der Waals surface area contributed by atoms with Gasteiger partial charge in [-0.2, -0.15) is 0 Å². The molecule has 2 atom stereocenters. The van der Waals surface area contributed by atoms with E-state index in [9.17, 15) is 5.11 Å². The molecule has 1 saturated carbocycles. The Balaban J connectivity index is 1.93. The molecule has 90 valence electrons. The quantitative estimate of drug-likeness (QED) is 0.854. The van der Waals surface area contributed by atoms with Crippen molar-refractivity contribution in [3.63, 3.8) is 0 Å². The van der Waals surface area contributed by atoms with E-state index in [1.54, 1.807) is 0 Å². The molecule has 3 heteroatoms.